The summed E-state index contributed by atoms with van der Waals surface area (Å²) in [6, 6.07) is 0.0319. The predicted octanol–water partition coefficient (Wildman–Crippen LogP) is 0.429. The summed E-state index contributed by atoms with van der Waals surface area (Å²) in [5.74, 6) is 1.03. The second kappa shape index (κ2) is 5.34. The van der Waals surface area contributed by atoms with Crippen LogP contribution in [0.2, 0.25) is 0 Å². The van der Waals surface area contributed by atoms with Gasteiger partial charge in [0, 0.05) is 38.4 Å². The van der Waals surface area contributed by atoms with Gasteiger partial charge in [-0.2, -0.15) is 0 Å². The van der Waals surface area contributed by atoms with Crippen molar-refractivity contribution in [2.45, 2.75) is 19.4 Å². The Bertz CT molecular complexity index is 856. The molecule has 1 atom stereocenters. The van der Waals surface area contributed by atoms with Crippen molar-refractivity contribution in [3.63, 3.8) is 0 Å². The molecule has 1 amide bonds. The van der Waals surface area contributed by atoms with Crippen LogP contribution in [0.3, 0.4) is 0 Å². The second-order valence-corrected chi connectivity index (χ2v) is 5.47. The van der Waals surface area contributed by atoms with E-state index >= 15 is 0 Å². The number of carbonyl (C=O) groups excluding carboxylic acids is 1. The van der Waals surface area contributed by atoms with Gasteiger partial charge in [-0.3, -0.25) is 9.20 Å². The van der Waals surface area contributed by atoms with Crippen LogP contribution in [-0.2, 0) is 0 Å². The standard InChI is InChI=1S/C14H15N7O2/c1-9-17-11(7-23-9)14(22)18-10-2-4-20(6-10)12-13-19-16-8-21(13)5-3-15-12/h3,5,7-8,10H,2,4,6H2,1H3,(H,18,22). The smallest absolute Gasteiger partial charge is 0.273 e. The maximum Gasteiger partial charge on any atom is 0.273 e. The molecule has 9 nitrogen and oxygen atoms in total. The Balaban J connectivity index is 1.47. The average molecular weight is 313 g/mol. The van der Waals surface area contributed by atoms with Crippen molar-refractivity contribution in [1.82, 2.24) is 29.9 Å². The van der Waals surface area contributed by atoms with Gasteiger partial charge in [0.15, 0.2) is 17.4 Å². The van der Waals surface area contributed by atoms with Gasteiger partial charge in [0.25, 0.3) is 5.91 Å². The molecule has 1 unspecified atom stereocenters. The first-order valence-corrected chi connectivity index (χ1v) is 7.33. The van der Waals surface area contributed by atoms with Crippen LogP contribution in [-0.4, -0.2) is 49.6 Å². The highest BCUT2D eigenvalue weighted by molar-refractivity contribution is 5.92. The Kier molecular flexibility index (Phi) is 3.18. The fourth-order valence-electron chi connectivity index (χ4n) is 2.77. The molecular formula is C14H15N7O2. The predicted molar refractivity (Wildman–Crippen MR) is 80.1 cm³/mol. The third-order valence-electron chi connectivity index (χ3n) is 3.87. The third kappa shape index (κ3) is 2.50. The SMILES string of the molecule is Cc1nc(C(=O)NC2CCN(c3nccn4cnnc34)C2)co1. The van der Waals surface area contributed by atoms with Gasteiger partial charge in [0.1, 0.15) is 12.6 Å². The van der Waals surface area contributed by atoms with Crippen molar-refractivity contribution in [3.05, 3.63) is 36.6 Å². The van der Waals surface area contributed by atoms with Crippen LogP contribution in [0, 0.1) is 6.92 Å². The number of fused-ring (bicyclic) bond motifs is 1. The maximum absolute atomic E-state index is 12.1. The van der Waals surface area contributed by atoms with Crippen LogP contribution in [0.4, 0.5) is 5.82 Å². The van der Waals surface area contributed by atoms with E-state index in [9.17, 15) is 4.79 Å². The number of hydrogen-bond donors (Lipinski definition) is 1. The molecular weight excluding hydrogens is 298 g/mol. The Morgan fingerprint density at radius 2 is 2.39 bits per heavy atom. The summed E-state index contributed by atoms with van der Waals surface area (Å²) in [6.07, 6.45) is 7.37. The minimum atomic E-state index is -0.220. The highest BCUT2D eigenvalue weighted by Crippen LogP contribution is 2.21. The van der Waals surface area contributed by atoms with Gasteiger partial charge in [0.05, 0.1) is 0 Å². The zero-order valence-electron chi connectivity index (χ0n) is 12.5. The molecule has 0 aromatic carbocycles. The Labute approximate surface area is 131 Å². The maximum atomic E-state index is 12.1. The van der Waals surface area contributed by atoms with E-state index in [1.807, 2.05) is 4.40 Å². The van der Waals surface area contributed by atoms with Gasteiger partial charge >= 0.3 is 0 Å². The molecule has 1 aliphatic heterocycles. The first-order chi connectivity index (χ1) is 11.2. The zero-order chi connectivity index (χ0) is 15.8. The molecule has 0 radical (unpaired) electrons. The van der Waals surface area contributed by atoms with E-state index in [4.69, 9.17) is 4.42 Å². The molecule has 0 spiro atoms. The lowest BCUT2D eigenvalue weighted by Crippen LogP contribution is -2.37. The molecule has 9 heteroatoms. The number of nitrogens with zero attached hydrogens (tertiary/aromatic N) is 6. The summed E-state index contributed by atoms with van der Waals surface area (Å²) in [5.41, 5.74) is 1.02. The van der Waals surface area contributed by atoms with Gasteiger partial charge in [-0.05, 0) is 6.42 Å². The summed E-state index contributed by atoms with van der Waals surface area (Å²) in [4.78, 5) is 22.7. The number of amides is 1. The number of aryl methyl sites for hydroxylation is 1. The molecule has 1 N–H and O–H groups in total. The molecule has 1 aliphatic rings. The van der Waals surface area contributed by atoms with Crippen LogP contribution in [0.25, 0.3) is 5.65 Å². The summed E-state index contributed by atoms with van der Waals surface area (Å²) >= 11 is 0. The van der Waals surface area contributed by atoms with Gasteiger partial charge in [-0.15, -0.1) is 10.2 Å². The van der Waals surface area contributed by atoms with Gasteiger partial charge < -0.3 is 14.6 Å². The number of aromatic nitrogens is 5. The lowest BCUT2D eigenvalue weighted by Gasteiger charge is -2.17. The minimum absolute atomic E-state index is 0.0319. The van der Waals surface area contributed by atoms with Gasteiger partial charge in [-0.1, -0.05) is 0 Å². The second-order valence-electron chi connectivity index (χ2n) is 5.47. The molecule has 4 heterocycles. The van der Waals surface area contributed by atoms with Crippen molar-refractivity contribution >= 4 is 17.4 Å². The van der Waals surface area contributed by atoms with Crippen molar-refractivity contribution in [2.24, 2.45) is 0 Å². The van der Waals surface area contributed by atoms with Gasteiger partial charge in [0.2, 0.25) is 5.65 Å². The van der Waals surface area contributed by atoms with E-state index in [0.717, 1.165) is 18.8 Å². The van der Waals surface area contributed by atoms with E-state index in [0.29, 0.717) is 23.8 Å². The van der Waals surface area contributed by atoms with Crippen molar-refractivity contribution in [2.75, 3.05) is 18.0 Å². The largest absolute Gasteiger partial charge is 0.448 e. The van der Waals surface area contributed by atoms with Crippen LogP contribution in [0.5, 0.6) is 0 Å². The molecule has 3 aromatic rings. The van der Waals surface area contributed by atoms with Crippen LogP contribution < -0.4 is 10.2 Å². The molecule has 23 heavy (non-hydrogen) atoms. The normalized spacial score (nSPS) is 17.8. The lowest BCUT2D eigenvalue weighted by molar-refractivity contribution is 0.0935. The monoisotopic (exact) mass is 313 g/mol. The fraction of sp³-hybridized carbons (Fsp3) is 0.357. The van der Waals surface area contributed by atoms with E-state index in [-0.39, 0.29) is 11.9 Å². The molecule has 0 saturated carbocycles. The fourth-order valence-corrected chi connectivity index (χ4v) is 2.77. The minimum Gasteiger partial charge on any atom is -0.448 e. The van der Waals surface area contributed by atoms with E-state index in [2.05, 4.69) is 30.4 Å². The molecule has 1 saturated heterocycles. The Morgan fingerprint density at radius 1 is 1.48 bits per heavy atom. The first kappa shape index (κ1) is 13.7. The molecule has 4 rings (SSSR count). The Hall–Kier alpha value is -2.97. The number of rotatable bonds is 3. The number of nitrogens with one attached hydrogen (secondary N) is 1. The van der Waals surface area contributed by atoms with Crippen molar-refractivity contribution < 1.29 is 9.21 Å². The van der Waals surface area contributed by atoms with E-state index in [1.54, 1.807) is 25.6 Å². The van der Waals surface area contributed by atoms with Gasteiger partial charge in [-0.25, -0.2) is 9.97 Å². The summed E-state index contributed by atoms with van der Waals surface area (Å²) in [7, 11) is 0. The summed E-state index contributed by atoms with van der Waals surface area (Å²) in [5, 5.41) is 11.0. The molecule has 3 aromatic heterocycles. The van der Waals surface area contributed by atoms with Crippen LogP contribution in [0.1, 0.15) is 22.8 Å². The molecule has 0 bridgehead atoms. The average Bonchev–Trinajstić information content (AvgIpc) is 3.26. The molecule has 0 aliphatic carbocycles. The van der Waals surface area contributed by atoms with E-state index < -0.39 is 0 Å². The number of carbonyl (C=O) groups is 1. The third-order valence-corrected chi connectivity index (χ3v) is 3.87. The quantitative estimate of drug-likeness (QED) is 0.748. The first-order valence-electron chi connectivity index (χ1n) is 7.33. The summed E-state index contributed by atoms with van der Waals surface area (Å²) in [6.45, 7) is 3.17. The highest BCUT2D eigenvalue weighted by atomic mass is 16.3. The van der Waals surface area contributed by atoms with Crippen molar-refractivity contribution in [1.29, 1.82) is 0 Å². The van der Waals surface area contributed by atoms with Crippen LogP contribution >= 0.6 is 0 Å². The topological polar surface area (TPSA) is 101 Å². The zero-order valence-corrected chi connectivity index (χ0v) is 12.5. The number of anilines is 1. The van der Waals surface area contributed by atoms with Crippen LogP contribution in [0.15, 0.2) is 29.4 Å². The highest BCUT2D eigenvalue weighted by Gasteiger charge is 2.27. The number of oxazole rings is 1. The summed E-state index contributed by atoms with van der Waals surface area (Å²) < 4.78 is 6.90. The molecule has 118 valence electrons. The van der Waals surface area contributed by atoms with E-state index in [1.165, 1.54) is 6.26 Å². The van der Waals surface area contributed by atoms with Crippen molar-refractivity contribution in [3.8, 4) is 0 Å². The number of hydrogen-bond acceptors (Lipinski definition) is 7. The Morgan fingerprint density at radius 3 is 3.22 bits per heavy atom. The molecule has 1 fully saturated rings. The lowest BCUT2D eigenvalue weighted by atomic mass is 10.2.